The van der Waals surface area contributed by atoms with Crippen molar-refractivity contribution in [3.8, 4) is 0 Å². The lowest BCUT2D eigenvalue weighted by molar-refractivity contribution is -0.00891. The van der Waals surface area contributed by atoms with Crippen molar-refractivity contribution in [1.82, 2.24) is 0 Å². The lowest BCUT2D eigenvalue weighted by Gasteiger charge is -2.21. The minimum Gasteiger partial charge on any atom is -0.379 e. The summed E-state index contributed by atoms with van der Waals surface area (Å²) >= 11 is 0. The van der Waals surface area contributed by atoms with Crippen molar-refractivity contribution in [3.05, 3.63) is 0 Å². The average Bonchev–Trinajstić information content (AvgIpc) is 2.49. The van der Waals surface area contributed by atoms with Crippen molar-refractivity contribution < 1.29 is 9.47 Å². The molecule has 3 nitrogen and oxygen atoms in total. The highest BCUT2D eigenvalue weighted by atomic mass is 16.5. The third kappa shape index (κ3) is 5.83. The van der Waals surface area contributed by atoms with E-state index in [4.69, 9.17) is 15.2 Å². The van der Waals surface area contributed by atoms with E-state index in [1.165, 1.54) is 25.7 Å². The molecule has 1 fully saturated rings. The molecular weight excluding hydrogens is 202 g/mol. The van der Waals surface area contributed by atoms with Crippen molar-refractivity contribution in [2.45, 2.75) is 64.0 Å². The van der Waals surface area contributed by atoms with Gasteiger partial charge in [0.2, 0.25) is 0 Å². The molecule has 0 spiro atoms. The van der Waals surface area contributed by atoms with Gasteiger partial charge in [0.15, 0.2) is 0 Å². The lowest BCUT2D eigenvalue weighted by atomic mass is 10.1. The summed E-state index contributed by atoms with van der Waals surface area (Å²) in [6.45, 7) is 4.44. The van der Waals surface area contributed by atoms with Gasteiger partial charge >= 0.3 is 0 Å². The standard InChI is InChI=1S/C13H27NO2/c1-2-3-9-15-10-11-16-13-8-6-4-5-7-12(13)14/h12-13H,2-11,14H2,1H3. The van der Waals surface area contributed by atoms with E-state index in [0.29, 0.717) is 13.2 Å². The first-order valence-electron chi connectivity index (χ1n) is 6.79. The van der Waals surface area contributed by atoms with Crippen LogP contribution < -0.4 is 5.73 Å². The summed E-state index contributed by atoms with van der Waals surface area (Å²) in [5, 5.41) is 0. The van der Waals surface area contributed by atoms with E-state index in [9.17, 15) is 0 Å². The molecule has 0 aromatic heterocycles. The Hall–Kier alpha value is -0.120. The van der Waals surface area contributed by atoms with Crippen molar-refractivity contribution in [2.24, 2.45) is 5.73 Å². The first-order chi connectivity index (χ1) is 7.84. The highest BCUT2D eigenvalue weighted by Crippen LogP contribution is 2.19. The average molecular weight is 229 g/mol. The van der Waals surface area contributed by atoms with E-state index < -0.39 is 0 Å². The second kappa shape index (κ2) is 8.97. The molecule has 1 aliphatic rings. The summed E-state index contributed by atoms with van der Waals surface area (Å²) in [5.74, 6) is 0. The van der Waals surface area contributed by atoms with Crippen LogP contribution in [0.5, 0.6) is 0 Å². The maximum absolute atomic E-state index is 6.08. The molecule has 16 heavy (non-hydrogen) atoms. The highest BCUT2D eigenvalue weighted by molar-refractivity contribution is 4.76. The van der Waals surface area contributed by atoms with Gasteiger partial charge in [0.1, 0.15) is 0 Å². The number of hydrogen-bond donors (Lipinski definition) is 1. The molecule has 1 rings (SSSR count). The molecule has 0 bridgehead atoms. The third-order valence-electron chi connectivity index (χ3n) is 3.21. The molecule has 0 aromatic carbocycles. The zero-order valence-corrected chi connectivity index (χ0v) is 10.6. The van der Waals surface area contributed by atoms with E-state index in [-0.39, 0.29) is 12.1 Å². The fourth-order valence-electron chi connectivity index (χ4n) is 2.12. The Bertz CT molecular complexity index is 164. The van der Waals surface area contributed by atoms with Gasteiger partial charge in [0.25, 0.3) is 0 Å². The Balaban J connectivity index is 2.01. The Morgan fingerprint density at radius 1 is 1.06 bits per heavy atom. The molecule has 0 aliphatic heterocycles. The molecule has 3 heteroatoms. The summed E-state index contributed by atoms with van der Waals surface area (Å²) in [6, 6.07) is 0.234. The number of ether oxygens (including phenoxy) is 2. The molecular formula is C13H27NO2. The number of unbranched alkanes of at least 4 members (excludes halogenated alkanes) is 1. The topological polar surface area (TPSA) is 44.5 Å². The molecule has 2 N–H and O–H groups in total. The monoisotopic (exact) mass is 229 g/mol. The van der Waals surface area contributed by atoms with Crippen molar-refractivity contribution in [1.29, 1.82) is 0 Å². The maximum atomic E-state index is 6.08. The molecule has 2 atom stereocenters. The Labute approximate surface area is 99.7 Å². The summed E-state index contributed by atoms with van der Waals surface area (Å²) in [5.41, 5.74) is 6.08. The fraction of sp³-hybridized carbons (Fsp3) is 1.00. The number of rotatable bonds is 7. The van der Waals surface area contributed by atoms with Gasteiger partial charge in [-0.2, -0.15) is 0 Å². The fourth-order valence-corrected chi connectivity index (χ4v) is 2.12. The Morgan fingerprint density at radius 3 is 2.69 bits per heavy atom. The molecule has 2 unspecified atom stereocenters. The van der Waals surface area contributed by atoms with Gasteiger partial charge in [-0.15, -0.1) is 0 Å². The van der Waals surface area contributed by atoms with E-state index in [2.05, 4.69) is 6.92 Å². The second-order valence-corrected chi connectivity index (χ2v) is 4.68. The largest absolute Gasteiger partial charge is 0.379 e. The van der Waals surface area contributed by atoms with Gasteiger partial charge in [0.05, 0.1) is 19.3 Å². The SMILES string of the molecule is CCCCOCCOC1CCCCCC1N. The van der Waals surface area contributed by atoms with Crippen LogP contribution in [0.4, 0.5) is 0 Å². The molecule has 1 aliphatic carbocycles. The van der Waals surface area contributed by atoms with Crippen LogP contribution in [0.1, 0.15) is 51.9 Å². The van der Waals surface area contributed by atoms with Gasteiger partial charge in [-0.1, -0.05) is 32.6 Å². The van der Waals surface area contributed by atoms with Crippen LogP contribution >= 0.6 is 0 Å². The zero-order valence-electron chi connectivity index (χ0n) is 10.6. The molecule has 1 saturated carbocycles. The van der Waals surface area contributed by atoms with Crippen LogP contribution in [0.25, 0.3) is 0 Å². The number of nitrogens with two attached hydrogens (primary N) is 1. The third-order valence-corrected chi connectivity index (χ3v) is 3.21. The smallest absolute Gasteiger partial charge is 0.0727 e. The molecule has 0 radical (unpaired) electrons. The minimum absolute atomic E-state index is 0.234. The minimum atomic E-state index is 0.234. The van der Waals surface area contributed by atoms with Crippen molar-refractivity contribution in [2.75, 3.05) is 19.8 Å². The highest BCUT2D eigenvalue weighted by Gasteiger charge is 2.20. The van der Waals surface area contributed by atoms with E-state index in [1.54, 1.807) is 0 Å². The quantitative estimate of drug-likeness (QED) is 0.539. The van der Waals surface area contributed by atoms with E-state index >= 15 is 0 Å². The summed E-state index contributed by atoms with van der Waals surface area (Å²) in [4.78, 5) is 0. The van der Waals surface area contributed by atoms with Crippen LogP contribution in [0.3, 0.4) is 0 Å². The Kier molecular flexibility index (Phi) is 7.81. The predicted octanol–water partition coefficient (Wildman–Crippen LogP) is 2.48. The zero-order chi connectivity index (χ0) is 11.6. The van der Waals surface area contributed by atoms with Crippen molar-refractivity contribution in [3.63, 3.8) is 0 Å². The van der Waals surface area contributed by atoms with Gasteiger partial charge < -0.3 is 15.2 Å². The van der Waals surface area contributed by atoms with Crippen LogP contribution in [0.15, 0.2) is 0 Å². The van der Waals surface area contributed by atoms with Crippen LogP contribution in [0.2, 0.25) is 0 Å². The maximum Gasteiger partial charge on any atom is 0.0727 e. The van der Waals surface area contributed by atoms with Crippen LogP contribution in [0, 0.1) is 0 Å². The van der Waals surface area contributed by atoms with E-state index in [0.717, 1.165) is 25.9 Å². The normalized spacial score (nSPS) is 26.6. The second-order valence-electron chi connectivity index (χ2n) is 4.68. The van der Waals surface area contributed by atoms with E-state index in [1.807, 2.05) is 0 Å². The first kappa shape index (κ1) is 13.9. The predicted molar refractivity (Wildman–Crippen MR) is 66.5 cm³/mol. The molecule has 0 heterocycles. The van der Waals surface area contributed by atoms with Gasteiger partial charge in [-0.3, -0.25) is 0 Å². The van der Waals surface area contributed by atoms with Crippen LogP contribution in [-0.2, 0) is 9.47 Å². The molecule has 0 saturated heterocycles. The van der Waals surface area contributed by atoms with Crippen molar-refractivity contribution >= 4 is 0 Å². The Morgan fingerprint density at radius 2 is 1.88 bits per heavy atom. The molecule has 0 amide bonds. The van der Waals surface area contributed by atoms with Crippen LogP contribution in [-0.4, -0.2) is 32.0 Å². The lowest BCUT2D eigenvalue weighted by Crippen LogP contribution is -2.36. The summed E-state index contributed by atoms with van der Waals surface area (Å²) < 4.78 is 11.3. The molecule has 96 valence electrons. The number of hydrogen-bond acceptors (Lipinski definition) is 3. The van der Waals surface area contributed by atoms with Gasteiger partial charge in [-0.25, -0.2) is 0 Å². The van der Waals surface area contributed by atoms with Gasteiger partial charge in [0, 0.05) is 12.6 Å². The first-order valence-corrected chi connectivity index (χ1v) is 6.79. The molecule has 0 aromatic rings. The summed E-state index contributed by atoms with van der Waals surface area (Å²) in [7, 11) is 0. The summed E-state index contributed by atoms with van der Waals surface area (Å²) in [6.07, 6.45) is 8.65. The van der Waals surface area contributed by atoms with Gasteiger partial charge in [-0.05, 0) is 19.3 Å².